The zero-order valence-corrected chi connectivity index (χ0v) is 10.9. The minimum Gasteiger partial charge on any atom is -0.325 e. The molecule has 0 saturated heterocycles. The van der Waals surface area contributed by atoms with Crippen molar-refractivity contribution >= 4 is 17.3 Å². The fourth-order valence-electron chi connectivity index (χ4n) is 1.35. The van der Waals surface area contributed by atoms with E-state index in [-0.39, 0.29) is 5.69 Å². The first-order chi connectivity index (χ1) is 8.62. The van der Waals surface area contributed by atoms with Crippen LogP contribution in [0.25, 0.3) is 0 Å². The summed E-state index contributed by atoms with van der Waals surface area (Å²) in [4.78, 5) is 21.4. The number of halogens is 1. The topological polar surface area (TPSA) is 98.3 Å². The first kappa shape index (κ1) is 15.0. The summed E-state index contributed by atoms with van der Waals surface area (Å²) in [6.07, 6.45) is 0. The highest BCUT2D eigenvalue weighted by Gasteiger charge is 2.27. The van der Waals surface area contributed by atoms with Crippen molar-refractivity contribution in [3.63, 3.8) is 0 Å². The van der Waals surface area contributed by atoms with Gasteiger partial charge in [-0.15, -0.1) is 0 Å². The van der Waals surface area contributed by atoms with E-state index < -0.39 is 33.8 Å². The molecule has 1 aromatic rings. The van der Waals surface area contributed by atoms with E-state index in [4.69, 9.17) is 5.73 Å². The summed E-state index contributed by atoms with van der Waals surface area (Å²) < 4.78 is 13.4. The number of rotatable bonds is 3. The zero-order chi connectivity index (χ0) is 14.8. The highest BCUT2D eigenvalue weighted by atomic mass is 19.1. The lowest BCUT2D eigenvalue weighted by atomic mass is 9.87. The summed E-state index contributed by atoms with van der Waals surface area (Å²) >= 11 is 0. The van der Waals surface area contributed by atoms with Crippen molar-refractivity contribution in [3.8, 4) is 0 Å². The van der Waals surface area contributed by atoms with Gasteiger partial charge in [0.2, 0.25) is 11.7 Å². The predicted octanol–water partition coefficient (Wildman–Crippen LogP) is 2.05. The van der Waals surface area contributed by atoms with Gasteiger partial charge in [-0.25, -0.2) is 0 Å². The number of carbonyl (C=O) groups is 1. The average molecular weight is 269 g/mol. The smallest absolute Gasteiger partial charge is 0.304 e. The molecule has 7 heteroatoms. The third-order valence-corrected chi connectivity index (χ3v) is 2.63. The van der Waals surface area contributed by atoms with E-state index in [1.807, 2.05) is 0 Å². The third-order valence-electron chi connectivity index (χ3n) is 2.63. The Morgan fingerprint density at radius 2 is 2.05 bits per heavy atom. The van der Waals surface area contributed by atoms with Gasteiger partial charge in [-0.3, -0.25) is 14.9 Å². The van der Waals surface area contributed by atoms with Crippen molar-refractivity contribution in [3.05, 3.63) is 34.1 Å². The van der Waals surface area contributed by atoms with Crippen LogP contribution in [0.1, 0.15) is 20.8 Å². The largest absolute Gasteiger partial charge is 0.325 e. The molecule has 0 spiro atoms. The molecule has 1 aromatic carbocycles. The lowest BCUT2D eigenvalue weighted by Crippen LogP contribution is -2.45. The van der Waals surface area contributed by atoms with Crippen LogP contribution in [0, 0.1) is 21.3 Å². The third kappa shape index (κ3) is 3.72. The van der Waals surface area contributed by atoms with E-state index in [1.54, 1.807) is 20.8 Å². The summed E-state index contributed by atoms with van der Waals surface area (Å²) in [5.74, 6) is -1.48. The molecule has 6 nitrogen and oxygen atoms in total. The Balaban J connectivity index is 2.87. The van der Waals surface area contributed by atoms with Crippen molar-refractivity contribution in [2.24, 2.45) is 11.1 Å². The van der Waals surface area contributed by atoms with Gasteiger partial charge in [0.15, 0.2) is 0 Å². The number of benzene rings is 1. The van der Waals surface area contributed by atoms with Crippen LogP contribution in [-0.2, 0) is 4.79 Å². The highest BCUT2D eigenvalue weighted by molar-refractivity contribution is 5.95. The number of hydrogen-bond acceptors (Lipinski definition) is 4. The molecule has 1 amide bonds. The van der Waals surface area contributed by atoms with Gasteiger partial charge in [-0.1, -0.05) is 20.8 Å². The Hall–Kier alpha value is -2.02. The van der Waals surface area contributed by atoms with E-state index in [1.165, 1.54) is 6.07 Å². The SMILES string of the molecule is CC(C)(C)[C@H](N)C(=O)Nc1ccc([N+](=O)[O-])c(F)c1. The van der Waals surface area contributed by atoms with E-state index in [9.17, 15) is 19.3 Å². The molecular weight excluding hydrogens is 253 g/mol. The Bertz CT molecular complexity index is 511. The lowest BCUT2D eigenvalue weighted by molar-refractivity contribution is -0.387. The van der Waals surface area contributed by atoms with Crippen LogP contribution >= 0.6 is 0 Å². The molecule has 0 aliphatic carbocycles. The van der Waals surface area contributed by atoms with Crippen molar-refractivity contribution in [1.29, 1.82) is 0 Å². The average Bonchev–Trinajstić information content (AvgIpc) is 2.26. The molecule has 0 aliphatic rings. The molecule has 0 bridgehead atoms. The molecule has 0 radical (unpaired) electrons. The molecule has 0 aromatic heterocycles. The van der Waals surface area contributed by atoms with Gasteiger partial charge in [0.1, 0.15) is 0 Å². The predicted molar refractivity (Wildman–Crippen MR) is 69.1 cm³/mol. The van der Waals surface area contributed by atoms with Gasteiger partial charge in [0.25, 0.3) is 0 Å². The number of anilines is 1. The first-order valence-electron chi connectivity index (χ1n) is 5.63. The quantitative estimate of drug-likeness (QED) is 0.648. The number of nitro benzene ring substituents is 1. The maximum absolute atomic E-state index is 13.4. The van der Waals surface area contributed by atoms with Crippen LogP contribution in [0.2, 0.25) is 0 Å². The number of nitrogens with zero attached hydrogens (tertiary/aromatic N) is 1. The van der Waals surface area contributed by atoms with Gasteiger partial charge in [0, 0.05) is 17.8 Å². The van der Waals surface area contributed by atoms with E-state index in [0.29, 0.717) is 0 Å². The molecule has 1 rings (SSSR count). The first-order valence-corrected chi connectivity index (χ1v) is 5.63. The summed E-state index contributed by atoms with van der Waals surface area (Å²) in [5.41, 5.74) is 4.79. The summed E-state index contributed by atoms with van der Waals surface area (Å²) in [6, 6.07) is 2.37. The van der Waals surface area contributed by atoms with Crippen LogP contribution < -0.4 is 11.1 Å². The van der Waals surface area contributed by atoms with Crippen molar-refractivity contribution in [1.82, 2.24) is 0 Å². The van der Waals surface area contributed by atoms with E-state index in [2.05, 4.69) is 5.32 Å². The Morgan fingerprint density at radius 1 is 1.47 bits per heavy atom. The number of nitro groups is 1. The fourth-order valence-corrected chi connectivity index (χ4v) is 1.35. The monoisotopic (exact) mass is 269 g/mol. The molecule has 19 heavy (non-hydrogen) atoms. The summed E-state index contributed by atoms with van der Waals surface area (Å²) in [5, 5.41) is 12.9. The molecule has 0 heterocycles. The van der Waals surface area contributed by atoms with Crippen LogP contribution in [0.15, 0.2) is 18.2 Å². The van der Waals surface area contributed by atoms with Crippen LogP contribution in [-0.4, -0.2) is 16.9 Å². The zero-order valence-electron chi connectivity index (χ0n) is 10.9. The molecule has 104 valence electrons. The fraction of sp³-hybridized carbons (Fsp3) is 0.417. The second-order valence-electron chi connectivity index (χ2n) is 5.26. The van der Waals surface area contributed by atoms with E-state index >= 15 is 0 Å². The normalized spacial score (nSPS) is 12.9. The van der Waals surface area contributed by atoms with Gasteiger partial charge in [-0.2, -0.15) is 4.39 Å². The lowest BCUT2D eigenvalue weighted by Gasteiger charge is -2.25. The second kappa shape index (κ2) is 5.31. The van der Waals surface area contributed by atoms with Crippen LogP contribution in [0.5, 0.6) is 0 Å². The molecule has 0 saturated carbocycles. The number of hydrogen-bond donors (Lipinski definition) is 2. The standard InChI is InChI=1S/C12H16FN3O3/c1-12(2,3)10(14)11(17)15-7-4-5-9(16(18)19)8(13)6-7/h4-6,10H,14H2,1-3H3,(H,15,17)/t10-/m1/s1. The number of nitrogens with two attached hydrogens (primary N) is 1. The van der Waals surface area contributed by atoms with Crippen molar-refractivity contribution < 1.29 is 14.1 Å². The second-order valence-corrected chi connectivity index (χ2v) is 5.26. The van der Waals surface area contributed by atoms with Gasteiger partial charge in [0.05, 0.1) is 11.0 Å². The maximum atomic E-state index is 13.4. The Kier molecular flexibility index (Phi) is 4.21. The van der Waals surface area contributed by atoms with Gasteiger partial charge < -0.3 is 11.1 Å². The Morgan fingerprint density at radius 3 is 2.47 bits per heavy atom. The number of amides is 1. The van der Waals surface area contributed by atoms with Crippen LogP contribution in [0.3, 0.4) is 0 Å². The molecule has 0 aliphatic heterocycles. The number of carbonyl (C=O) groups excluding carboxylic acids is 1. The van der Waals surface area contributed by atoms with Crippen molar-refractivity contribution in [2.45, 2.75) is 26.8 Å². The highest BCUT2D eigenvalue weighted by Crippen LogP contribution is 2.22. The van der Waals surface area contributed by atoms with Crippen LogP contribution in [0.4, 0.5) is 15.8 Å². The minimum atomic E-state index is -1.01. The molecule has 1 atom stereocenters. The summed E-state index contributed by atoms with van der Waals surface area (Å²) in [6.45, 7) is 5.40. The van der Waals surface area contributed by atoms with Gasteiger partial charge >= 0.3 is 5.69 Å². The maximum Gasteiger partial charge on any atom is 0.304 e. The molecule has 0 fully saturated rings. The minimum absolute atomic E-state index is 0.132. The molecular formula is C12H16FN3O3. The molecule has 0 unspecified atom stereocenters. The summed E-state index contributed by atoms with van der Waals surface area (Å²) in [7, 11) is 0. The van der Waals surface area contributed by atoms with E-state index in [0.717, 1.165) is 12.1 Å². The van der Waals surface area contributed by atoms with Gasteiger partial charge in [-0.05, 0) is 11.5 Å². The Labute approximate surface area is 109 Å². The molecule has 3 N–H and O–H groups in total. The van der Waals surface area contributed by atoms with Crippen molar-refractivity contribution in [2.75, 3.05) is 5.32 Å². The number of nitrogens with one attached hydrogen (secondary N) is 1.